The van der Waals surface area contributed by atoms with Crippen LogP contribution in [0.15, 0.2) is 52.9 Å². The number of allylic oxidation sites excluding steroid dienone is 2. The zero-order chi connectivity index (χ0) is 32.8. The number of methoxy groups -OCH3 is 1. The summed E-state index contributed by atoms with van der Waals surface area (Å²) in [5.41, 5.74) is 0.417. The zero-order valence-corrected chi connectivity index (χ0v) is 27.8. The summed E-state index contributed by atoms with van der Waals surface area (Å²) < 4.78 is 10.0. The maximum absolute atomic E-state index is 12.5. The molecule has 44 heavy (non-hydrogen) atoms. The number of esters is 1. The Labute approximate surface area is 271 Å². The first kappa shape index (κ1) is 36.9. The van der Waals surface area contributed by atoms with Gasteiger partial charge in [-0.2, -0.15) is 11.8 Å². The van der Waals surface area contributed by atoms with Crippen LogP contribution in [0.25, 0.3) is 0 Å². The molecule has 0 aromatic heterocycles. The van der Waals surface area contributed by atoms with Crippen LogP contribution in [0.1, 0.15) is 70.2 Å². The largest absolute Gasteiger partial charge is 0.511 e. The van der Waals surface area contributed by atoms with Crippen molar-refractivity contribution in [3.8, 4) is 11.5 Å². The number of oxime groups is 1. The van der Waals surface area contributed by atoms with E-state index >= 15 is 0 Å². The van der Waals surface area contributed by atoms with Gasteiger partial charge < -0.3 is 19.4 Å². The summed E-state index contributed by atoms with van der Waals surface area (Å²) in [5.74, 6) is 1.19. The molecular weight excluding hydrogens is 631 g/mol. The van der Waals surface area contributed by atoms with Crippen molar-refractivity contribution < 1.29 is 33.9 Å². The highest BCUT2D eigenvalue weighted by atomic mass is 35.5. The Balaban J connectivity index is 0.000000307. The fraction of sp³-hybridized carbons (Fsp3) is 0.452. The third-order valence-corrected chi connectivity index (χ3v) is 8.04. The average molecular weight is 670 g/mol. The van der Waals surface area contributed by atoms with Crippen molar-refractivity contribution in [1.82, 2.24) is 0 Å². The molecule has 2 aromatic rings. The fourth-order valence-corrected chi connectivity index (χ4v) is 6.01. The molecule has 10 nitrogen and oxygen atoms in total. The average Bonchev–Trinajstić information content (AvgIpc) is 2.96. The minimum atomic E-state index is -0.834. The third kappa shape index (κ3) is 11.0. The molecule has 2 unspecified atom stereocenters. The van der Waals surface area contributed by atoms with Gasteiger partial charge in [-0.1, -0.05) is 55.5 Å². The molecule has 0 spiro atoms. The molecule has 3 rings (SSSR count). The number of nitro benzene ring substituents is 1. The number of hydrogen-bond donors (Lipinski definition) is 1. The Morgan fingerprint density at radius 1 is 1.18 bits per heavy atom. The zero-order valence-electron chi connectivity index (χ0n) is 25.4. The summed E-state index contributed by atoms with van der Waals surface area (Å²) in [5, 5.41) is 26.6. The number of rotatable bonds is 13. The topological polar surface area (TPSA) is 138 Å². The number of halogens is 2. The molecule has 0 bridgehead atoms. The van der Waals surface area contributed by atoms with Gasteiger partial charge in [0.15, 0.2) is 5.78 Å². The first-order valence-corrected chi connectivity index (χ1v) is 16.0. The van der Waals surface area contributed by atoms with E-state index in [1.165, 1.54) is 18.2 Å². The quantitative estimate of drug-likeness (QED) is 0.0958. The van der Waals surface area contributed by atoms with E-state index in [4.69, 9.17) is 32.8 Å². The number of Topliss-reactive ketones (excluding diaryl/α,β-unsaturated/α-hetero) is 1. The highest BCUT2D eigenvalue weighted by Gasteiger charge is 2.31. The summed E-state index contributed by atoms with van der Waals surface area (Å²) in [4.78, 5) is 39.5. The molecule has 1 N–H and O–H groups in total. The Hall–Kier alpha value is -3.28. The second-order valence-corrected chi connectivity index (χ2v) is 12.4. The predicted molar refractivity (Wildman–Crippen MR) is 175 cm³/mol. The number of carbonyl (C=O) groups is 2. The van der Waals surface area contributed by atoms with Gasteiger partial charge in [-0.3, -0.25) is 14.9 Å². The summed E-state index contributed by atoms with van der Waals surface area (Å²) in [6, 6.07) is 8.35. The molecule has 240 valence electrons. The number of nitrogens with zero attached hydrogens (tertiary/aromatic N) is 2. The number of aliphatic hydroxyl groups excluding tert-OH is 1. The monoisotopic (exact) mass is 668 g/mol. The van der Waals surface area contributed by atoms with E-state index in [1.807, 2.05) is 25.6 Å². The van der Waals surface area contributed by atoms with Gasteiger partial charge in [0.1, 0.15) is 29.4 Å². The molecule has 2 atom stereocenters. The molecule has 0 fully saturated rings. The lowest BCUT2D eigenvalue weighted by Gasteiger charge is -2.25. The van der Waals surface area contributed by atoms with Gasteiger partial charge in [-0.15, -0.1) is 0 Å². The van der Waals surface area contributed by atoms with Gasteiger partial charge in [0.05, 0.1) is 28.3 Å². The maximum atomic E-state index is 12.5. The van der Waals surface area contributed by atoms with Gasteiger partial charge in [0, 0.05) is 35.2 Å². The third-order valence-electron chi connectivity index (χ3n) is 6.41. The second kappa shape index (κ2) is 18.5. The van der Waals surface area contributed by atoms with Crippen molar-refractivity contribution >= 4 is 58.1 Å². The van der Waals surface area contributed by atoms with Crippen molar-refractivity contribution in [2.45, 2.75) is 65.0 Å². The van der Waals surface area contributed by atoms with Crippen molar-refractivity contribution in [3.05, 3.63) is 73.5 Å². The molecule has 2 aromatic carbocycles. The lowest BCUT2D eigenvalue weighted by atomic mass is 9.82. The number of aliphatic hydroxyl groups is 1. The van der Waals surface area contributed by atoms with E-state index in [-0.39, 0.29) is 39.5 Å². The molecule has 13 heteroatoms. The van der Waals surface area contributed by atoms with E-state index in [0.717, 1.165) is 31.8 Å². The number of benzene rings is 2. The number of nitro groups is 1. The van der Waals surface area contributed by atoms with Gasteiger partial charge in [-0.05, 0) is 55.7 Å². The number of hydrogen-bond acceptors (Lipinski definition) is 10. The van der Waals surface area contributed by atoms with Crippen LogP contribution < -0.4 is 4.74 Å². The van der Waals surface area contributed by atoms with Crippen LogP contribution in [0.2, 0.25) is 10.0 Å². The molecule has 0 aliphatic heterocycles. The number of ketones is 1. The molecule has 1 aliphatic rings. The standard InChI is InChI=1S/C17H29NO3S.C14H9Cl2NO5/c1-5-8-14(18-21-6-2)17-15(19)10-13(11-16(17)20)9-12(4)22-7-3;1-21-14(18)10-7-9(3-4-12(10)17(19)20)22-13-5-2-8(15)6-11(13)16/h12-13,19H,5-11H2,1-4H3;2-7H,1H3/b18-14+;. The van der Waals surface area contributed by atoms with Gasteiger partial charge in [-0.25, -0.2) is 4.79 Å². The molecule has 0 heterocycles. The number of thioether (sulfide) groups is 1. The summed E-state index contributed by atoms with van der Waals surface area (Å²) in [7, 11) is 1.13. The number of ether oxygens (including phenoxy) is 2. The highest BCUT2D eigenvalue weighted by molar-refractivity contribution is 7.99. The first-order valence-electron chi connectivity index (χ1n) is 14.2. The van der Waals surface area contributed by atoms with Crippen molar-refractivity contribution in [2.24, 2.45) is 11.1 Å². The van der Waals surface area contributed by atoms with Crippen LogP contribution in [0.5, 0.6) is 11.5 Å². The first-order chi connectivity index (χ1) is 20.9. The molecule has 0 amide bonds. The Morgan fingerprint density at radius 2 is 1.91 bits per heavy atom. The van der Waals surface area contributed by atoms with Crippen molar-refractivity contribution in [2.75, 3.05) is 19.5 Å². The van der Waals surface area contributed by atoms with E-state index < -0.39 is 10.9 Å². The van der Waals surface area contributed by atoms with Crippen LogP contribution in [-0.4, -0.2) is 52.2 Å². The predicted octanol–water partition coefficient (Wildman–Crippen LogP) is 8.98. The number of carbonyl (C=O) groups excluding carboxylic acids is 2. The van der Waals surface area contributed by atoms with E-state index in [1.54, 1.807) is 12.1 Å². The minimum Gasteiger partial charge on any atom is -0.511 e. The Morgan fingerprint density at radius 3 is 2.48 bits per heavy atom. The molecule has 0 saturated heterocycles. The van der Waals surface area contributed by atoms with E-state index in [2.05, 4.69) is 23.7 Å². The van der Waals surface area contributed by atoms with Gasteiger partial charge in [0.2, 0.25) is 0 Å². The maximum Gasteiger partial charge on any atom is 0.345 e. The van der Waals surface area contributed by atoms with Crippen LogP contribution in [0, 0.1) is 16.0 Å². The van der Waals surface area contributed by atoms with Crippen LogP contribution in [0.4, 0.5) is 5.69 Å². The lowest BCUT2D eigenvalue weighted by molar-refractivity contribution is -0.385. The summed E-state index contributed by atoms with van der Waals surface area (Å²) >= 11 is 13.7. The summed E-state index contributed by atoms with van der Waals surface area (Å²) in [6.45, 7) is 8.67. The molecule has 1 aliphatic carbocycles. The van der Waals surface area contributed by atoms with Crippen molar-refractivity contribution in [1.29, 1.82) is 0 Å². The normalized spacial score (nSPS) is 15.7. The molecular formula is C31H38Cl2N2O8S. The van der Waals surface area contributed by atoms with Crippen LogP contribution >= 0.6 is 35.0 Å². The van der Waals surface area contributed by atoms with Gasteiger partial charge >= 0.3 is 5.97 Å². The van der Waals surface area contributed by atoms with E-state index in [9.17, 15) is 24.8 Å². The molecule has 0 radical (unpaired) electrons. The van der Waals surface area contributed by atoms with Gasteiger partial charge in [0.25, 0.3) is 5.69 Å². The Kier molecular flexibility index (Phi) is 15.5. The minimum absolute atomic E-state index is 0.00866. The smallest absolute Gasteiger partial charge is 0.345 e. The second-order valence-electron chi connectivity index (χ2n) is 9.83. The van der Waals surface area contributed by atoms with Crippen LogP contribution in [-0.2, 0) is 14.4 Å². The lowest BCUT2D eigenvalue weighted by Crippen LogP contribution is -2.26. The molecule has 0 saturated carbocycles. The highest BCUT2D eigenvalue weighted by Crippen LogP contribution is 2.34. The van der Waals surface area contributed by atoms with Crippen LogP contribution in [0.3, 0.4) is 0 Å². The SMILES string of the molecule is CCC/C(=N\OCC)C1=C(O)CC(CC(C)SCC)CC1=O.COC(=O)c1cc(Oc2ccc(Cl)cc2Cl)ccc1[N+](=O)[O-]. The fourth-order valence-electron chi connectivity index (χ4n) is 4.58. The van der Waals surface area contributed by atoms with E-state index in [0.29, 0.717) is 53.2 Å². The van der Waals surface area contributed by atoms with Crippen molar-refractivity contribution in [3.63, 3.8) is 0 Å². The summed E-state index contributed by atoms with van der Waals surface area (Å²) in [6.07, 6.45) is 3.56. The Bertz CT molecular complexity index is 1380.